The molecule has 0 bridgehead atoms. The van der Waals surface area contributed by atoms with Crippen molar-refractivity contribution in [2.75, 3.05) is 20.2 Å². The molecule has 2 rings (SSSR count). The van der Waals surface area contributed by atoms with Gasteiger partial charge in [0.25, 0.3) is 0 Å². The van der Waals surface area contributed by atoms with Crippen LogP contribution in [0.15, 0.2) is 0 Å². The van der Waals surface area contributed by atoms with E-state index in [0.29, 0.717) is 18.0 Å². The molecule has 3 heteroatoms. The third-order valence-electron chi connectivity index (χ3n) is 5.34. The summed E-state index contributed by atoms with van der Waals surface area (Å²) in [7, 11) is 2.31. The fraction of sp³-hybridized carbons (Fsp3) is 1.00. The van der Waals surface area contributed by atoms with Gasteiger partial charge in [-0.3, -0.25) is 4.90 Å². The van der Waals surface area contributed by atoms with Gasteiger partial charge in [0.1, 0.15) is 0 Å². The highest BCUT2D eigenvalue weighted by Crippen LogP contribution is 2.35. The first kappa shape index (κ1) is 14.3. The lowest BCUT2D eigenvalue weighted by Gasteiger charge is -2.44. The molecule has 1 saturated heterocycles. The Morgan fingerprint density at radius 2 is 2.11 bits per heavy atom. The lowest BCUT2D eigenvalue weighted by Crippen LogP contribution is -2.50. The van der Waals surface area contributed by atoms with Crippen molar-refractivity contribution in [3.8, 4) is 0 Å². The number of ether oxygens (including phenoxy) is 1. The van der Waals surface area contributed by atoms with Gasteiger partial charge in [0.05, 0.1) is 5.60 Å². The van der Waals surface area contributed by atoms with Crippen LogP contribution in [0.25, 0.3) is 0 Å². The molecule has 2 N–H and O–H groups in total. The fourth-order valence-corrected chi connectivity index (χ4v) is 3.79. The molecule has 0 aromatic rings. The van der Waals surface area contributed by atoms with E-state index in [1.807, 2.05) is 0 Å². The summed E-state index contributed by atoms with van der Waals surface area (Å²) < 4.78 is 5.96. The zero-order valence-electron chi connectivity index (χ0n) is 12.3. The molecule has 4 atom stereocenters. The summed E-state index contributed by atoms with van der Waals surface area (Å²) in [6.07, 6.45) is 7.47. The largest absolute Gasteiger partial charge is 0.375 e. The Morgan fingerprint density at radius 3 is 2.78 bits per heavy atom. The number of nitrogens with zero attached hydrogens (tertiary/aromatic N) is 1. The van der Waals surface area contributed by atoms with Crippen LogP contribution < -0.4 is 5.73 Å². The van der Waals surface area contributed by atoms with E-state index in [2.05, 4.69) is 25.8 Å². The van der Waals surface area contributed by atoms with E-state index in [-0.39, 0.29) is 5.60 Å². The summed E-state index contributed by atoms with van der Waals surface area (Å²) in [5, 5.41) is 0. The Morgan fingerprint density at radius 1 is 1.33 bits per heavy atom. The normalized spacial score (nSPS) is 41.5. The van der Waals surface area contributed by atoms with Crippen LogP contribution in [0.2, 0.25) is 0 Å². The molecule has 1 saturated carbocycles. The van der Waals surface area contributed by atoms with Crippen LogP contribution in [-0.4, -0.2) is 42.8 Å². The summed E-state index contributed by atoms with van der Waals surface area (Å²) in [6, 6.07) is 1.39. The molecule has 1 aliphatic heterocycles. The van der Waals surface area contributed by atoms with Gasteiger partial charge in [-0.25, -0.2) is 0 Å². The van der Waals surface area contributed by atoms with Crippen molar-refractivity contribution in [1.82, 2.24) is 4.90 Å². The maximum atomic E-state index is 5.96. The van der Waals surface area contributed by atoms with Gasteiger partial charge >= 0.3 is 0 Å². The molecule has 2 aliphatic rings. The van der Waals surface area contributed by atoms with Gasteiger partial charge in [-0.2, -0.15) is 0 Å². The third-order valence-corrected chi connectivity index (χ3v) is 5.34. The fourth-order valence-electron chi connectivity index (χ4n) is 3.79. The standard InChI is InChI=1S/C15H30N2O/c1-4-15(2)10-13(8-9-18-15)17(3)14-7-5-6-12(14)11-16/h12-14H,4-11,16H2,1-3H3. The van der Waals surface area contributed by atoms with Crippen molar-refractivity contribution in [3.63, 3.8) is 0 Å². The first-order valence-corrected chi connectivity index (χ1v) is 7.65. The molecule has 0 radical (unpaired) electrons. The van der Waals surface area contributed by atoms with E-state index in [1.54, 1.807) is 0 Å². The van der Waals surface area contributed by atoms with Crippen LogP contribution in [-0.2, 0) is 4.74 Å². The van der Waals surface area contributed by atoms with E-state index in [9.17, 15) is 0 Å². The SMILES string of the molecule is CCC1(C)CC(N(C)C2CCCC2CN)CCO1. The molecule has 2 fully saturated rings. The zero-order chi connectivity index (χ0) is 13.2. The number of nitrogens with two attached hydrogens (primary N) is 1. The maximum absolute atomic E-state index is 5.96. The van der Waals surface area contributed by atoms with Crippen LogP contribution in [0.4, 0.5) is 0 Å². The van der Waals surface area contributed by atoms with Crippen LogP contribution in [0, 0.1) is 5.92 Å². The lowest BCUT2D eigenvalue weighted by atomic mass is 9.88. The van der Waals surface area contributed by atoms with Crippen molar-refractivity contribution in [3.05, 3.63) is 0 Å². The predicted octanol–water partition coefficient (Wildman–Crippen LogP) is 2.39. The van der Waals surface area contributed by atoms with Crippen LogP contribution in [0.1, 0.15) is 52.4 Å². The van der Waals surface area contributed by atoms with E-state index < -0.39 is 0 Å². The zero-order valence-corrected chi connectivity index (χ0v) is 12.3. The number of rotatable bonds is 4. The topological polar surface area (TPSA) is 38.5 Å². The molecule has 4 unspecified atom stereocenters. The van der Waals surface area contributed by atoms with E-state index in [4.69, 9.17) is 10.5 Å². The first-order valence-electron chi connectivity index (χ1n) is 7.65. The van der Waals surface area contributed by atoms with E-state index in [1.165, 1.54) is 32.1 Å². The molecular formula is C15H30N2O. The summed E-state index contributed by atoms with van der Waals surface area (Å²) >= 11 is 0. The van der Waals surface area contributed by atoms with Crippen molar-refractivity contribution < 1.29 is 4.74 Å². The molecule has 1 aliphatic carbocycles. The summed E-state index contributed by atoms with van der Waals surface area (Å²) in [6.45, 7) is 6.27. The molecular weight excluding hydrogens is 224 g/mol. The maximum Gasteiger partial charge on any atom is 0.0666 e. The van der Waals surface area contributed by atoms with Crippen LogP contribution >= 0.6 is 0 Å². The van der Waals surface area contributed by atoms with E-state index >= 15 is 0 Å². The third kappa shape index (κ3) is 2.89. The molecule has 3 nitrogen and oxygen atoms in total. The molecule has 0 amide bonds. The minimum absolute atomic E-state index is 0.0913. The minimum Gasteiger partial charge on any atom is -0.375 e. The quantitative estimate of drug-likeness (QED) is 0.837. The van der Waals surface area contributed by atoms with Gasteiger partial charge in [0, 0.05) is 18.7 Å². The number of hydrogen-bond acceptors (Lipinski definition) is 3. The monoisotopic (exact) mass is 254 g/mol. The van der Waals surface area contributed by atoms with Gasteiger partial charge in [0.15, 0.2) is 0 Å². The highest BCUT2D eigenvalue weighted by Gasteiger charge is 2.38. The molecule has 106 valence electrons. The molecule has 0 spiro atoms. The summed E-state index contributed by atoms with van der Waals surface area (Å²) in [5.74, 6) is 0.714. The van der Waals surface area contributed by atoms with Crippen LogP contribution in [0.3, 0.4) is 0 Å². The molecule has 18 heavy (non-hydrogen) atoms. The van der Waals surface area contributed by atoms with E-state index in [0.717, 1.165) is 19.6 Å². The Bertz CT molecular complexity index is 271. The smallest absolute Gasteiger partial charge is 0.0666 e. The predicted molar refractivity (Wildman–Crippen MR) is 75.6 cm³/mol. The van der Waals surface area contributed by atoms with Gasteiger partial charge in [-0.05, 0) is 58.5 Å². The Labute approximate surface area is 112 Å². The Balaban J connectivity index is 1.98. The minimum atomic E-state index is 0.0913. The van der Waals surface area contributed by atoms with Gasteiger partial charge < -0.3 is 10.5 Å². The molecule has 0 aromatic heterocycles. The average Bonchev–Trinajstić information content (AvgIpc) is 2.86. The second-order valence-electron chi connectivity index (χ2n) is 6.46. The highest BCUT2D eigenvalue weighted by molar-refractivity contribution is 4.92. The Kier molecular flexibility index (Phi) is 4.68. The lowest BCUT2D eigenvalue weighted by molar-refractivity contribution is -0.0995. The molecule has 1 heterocycles. The van der Waals surface area contributed by atoms with Crippen LogP contribution in [0.5, 0.6) is 0 Å². The van der Waals surface area contributed by atoms with Crippen molar-refractivity contribution in [2.45, 2.75) is 70.1 Å². The molecule has 0 aromatic carbocycles. The number of hydrogen-bond donors (Lipinski definition) is 1. The van der Waals surface area contributed by atoms with Gasteiger partial charge in [0.2, 0.25) is 0 Å². The van der Waals surface area contributed by atoms with Gasteiger partial charge in [-0.15, -0.1) is 0 Å². The second kappa shape index (κ2) is 5.89. The summed E-state index contributed by atoms with van der Waals surface area (Å²) in [4.78, 5) is 2.63. The summed E-state index contributed by atoms with van der Waals surface area (Å²) in [5.41, 5.74) is 6.01. The van der Waals surface area contributed by atoms with Crippen molar-refractivity contribution in [2.24, 2.45) is 11.7 Å². The first-order chi connectivity index (χ1) is 8.59. The van der Waals surface area contributed by atoms with Crippen molar-refractivity contribution in [1.29, 1.82) is 0 Å². The highest BCUT2D eigenvalue weighted by atomic mass is 16.5. The average molecular weight is 254 g/mol. The van der Waals surface area contributed by atoms with Gasteiger partial charge in [-0.1, -0.05) is 13.3 Å². The Hall–Kier alpha value is -0.120. The second-order valence-corrected chi connectivity index (χ2v) is 6.46. The van der Waals surface area contributed by atoms with Crippen molar-refractivity contribution >= 4 is 0 Å².